The van der Waals surface area contributed by atoms with E-state index in [4.69, 9.17) is 16.1 Å². The summed E-state index contributed by atoms with van der Waals surface area (Å²) < 4.78 is 1.90. The van der Waals surface area contributed by atoms with E-state index in [1.54, 1.807) is 37.3 Å². The molecule has 39 heavy (non-hydrogen) atoms. The van der Waals surface area contributed by atoms with Crippen molar-refractivity contribution in [2.45, 2.75) is 44.7 Å². The van der Waals surface area contributed by atoms with Crippen molar-refractivity contribution in [3.8, 4) is 29.2 Å². The SMILES string of the molecule is CC#CC(=O)N[C@H]1CC[C@H](n2nc(-c3ccc(C(=O)Nc4cc(C#N)ccn4)cc3)c3c(N)ncnc32)CC1. The Morgan fingerprint density at radius 3 is 2.56 bits per heavy atom. The Kier molecular flexibility index (Phi) is 7.15. The average Bonchev–Trinajstić information content (AvgIpc) is 3.35. The van der Waals surface area contributed by atoms with Crippen LogP contribution in [0, 0.1) is 23.2 Å². The smallest absolute Gasteiger partial charge is 0.296 e. The molecule has 1 aliphatic rings. The number of fused-ring (bicyclic) bond motifs is 1. The van der Waals surface area contributed by atoms with Crippen LogP contribution in [0.4, 0.5) is 11.6 Å². The summed E-state index contributed by atoms with van der Waals surface area (Å²) in [5, 5.41) is 20.3. The van der Waals surface area contributed by atoms with Gasteiger partial charge in [0.15, 0.2) is 5.65 Å². The average molecular weight is 520 g/mol. The molecule has 0 spiro atoms. The summed E-state index contributed by atoms with van der Waals surface area (Å²) in [6.45, 7) is 1.64. The second-order valence-corrected chi connectivity index (χ2v) is 9.18. The first kappa shape index (κ1) is 25.4. The van der Waals surface area contributed by atoms with Crippen molar-refractivity contribution in [3.05, 3.63) is 60.0 Å². The summed E-state index contributed by atoms with van der Waals surface area (Å²) in [5.41, 5.74) is 9.14. The van der Waals surface area contributed by atoms with Gasteiger partial charge in [-0.25, -0.2) is 19.6 Å². The topological polar surface area (TPSA) is 164 Å². The largest absolute Gasteiger partial charge is 0.383 e. The molecule has 4 aromatic rings. The standard InChI is InChI=1S/C28H25N9O2/c1-2-3-23(38)34-20-8-10-21(11-9-20)37-27-24(26(30)32-16-33-27)25(36-37)18-4-6-19(7-5-18)28(39)35-22-14-17(15-29)12-13-31-22/h4-7,12-14,16,20-21H,8-11H2,1H3,(H,34,38)(H2,30,32,33)(H,31,35,39)/t20-,21-. The van der Waals surface area contributed by atoms with Gasteiger partial charge in [0.25, 0.3) is 11.8 Å². The molecular weight excluding hydrogens is 494 g/mol. The van der Waals surface area contributed by atoms with Gasteiger partial charge in [-0.2, -0.15) is 10.4 Å². The number of nitrogens with zero attached hydrogens (tertiary/aromatic N) is 6. The molecule has 1 saturated carbocycles. The van der Waals surface area contributed by atoms with Gasteiger partial charge in [0.2, 0.25) is 0 Å². The highest BCUT2D eigenvalue weighted by atomic mass is 16.2. The van der Waals surface area contributed by atoms with E-state index in [-0.39, 0.29) is 23.9 Å². The van der Waals surface area contributed by atoms with Gasteiger partial charge in [0, 0.05) is 23.4 Å². The summed E-state index contributed by atoms with van der Waals surface area (Å²) in [7, 11) is 0. The van der Waals surface area contributed by atoms with E-state index in [2.05, 4.69) is 37.4 Å². The predicted molar refractivity (Wildman–Crippen MR) is 145 cm³/mol. The van der Waals surface area contributed by atoms with Gasteiger partial charge in [-0.1, -0.05) is 18.1 Å². The van der Waals surface area contributed by atoms with Crippen LogP contribution in [0.5, 0.6) is 0 Å². The molecule has 0 unspecified atom stereocenters. The van der Waals surface area contributed by atoms with Crippen molar-refractivity contribution in [2.24, 2.45) is 0 Å². The Morgan fingerprint density at radius 2 is 1.85 bits per heavy atom. The molecule has 1 aromatic carbocycles. The van der Waals surface area contributed by atoms with Gasteiger partial charge in [0.1, 0.15) is 23.7 Å². The fraction of sp³-hybridized carbons (Fsp3) is 0.250. The van der Waals surface area contributed by atoms with E-state index in [9.17, 15) is 9.59 Å². The van der Waals surface area contributed by atoms with Crippen molar-refractivity contribution in [1.82, 2.24) is 30.0 Å². The number of hydrogen-bond acceptors (Lipinski definition) is 8. The molecule has 11 heteroatoms. The van der Waals surface area contributed by atoms with Crippen molar-refractivity contribution in [2.75, 3.05) is 11.1 Å². The highest BCUT2D eigenvalue weighted by molar-refractivity contribution is 6.04. The third-order valence-electron chi connectivity index (χ3n) is 6.69. The minimum atomic E-state index is -0.351. The summed E-state index contributed by atoms with van der Waals surface area (Å²) in [6, 6.07) is 12.2. The summed E-state index contributed by atoms with van der Waals surface area (Å²) in [6.07, 6.45) is 6.12. The number of rotatable bonds is 5. The summed E-state index contributed by atoms with van der Waals surface area (Å²) in [5.74, 6) is 5.17. The number of nitrogens with two attached hydrogens (primary N) is 1. The van der Waals surface area contributed by atoms with Crippen LogP contribution in [0.3, 0.4) is 0 Å². The number of carbonyl (C=O) groups is 2. The van der Waals surface area contributed by atoms with Crippen LogP contribution < -0.4 is 16.4 Å². The molecule has 0 aliphatic heterocycles. The molecule has 3 aromatic heterocycles. The van der Waals surface area contributed by atoms with Gasteiger partial charge >= 0.3 is 0 Å². The van der Waals surface area contributed by atoms with E-state index < -0.39 is 0 Å². The number of nitrogens with one attached hydrogen (secondary N) is 2. The predicted octanol–water partition coefficient (Wildman–Crippen LogP) is 3.22. The first-order valence-electron chi connectivity index (χ1n) is 12.5. The normalized spacial score (nSPS) is 16.5. The lowest BCUT2D eigenvalue weighted by molar-refractivity contribution is -0.116. The monoisotopic (exact) mass is 519 g/mol. The first-order valence-corrected chi connectivity index (χ1v) is 12.5. The van der Waals surface area contributed by atoms with Crippen molar-refractivity contribution in [1.29, 1.82) is 5.26 Å². The highest BCUT2D eigenvalue weighted by Crippen LogP contribution is 2.36. The van der Waals surface area contributed by atoms with E-state index in [0.717, 1.165) is 31.2 Å². The molecule has 0 saturated heterocycles. The Balaban J connectivity index is 1.37. The molecule has 0 atom stereocenters. The lowest BCUT2D eigenvalue weighted by Crippen LogP contribution is -2.37. The zero-order valence-corrected chi connectivity index (χ0v) is 21.2. The van der Waals surface area contributed by atoms with Crippen LogP contribution in [-0.4, -0.2) is 42.6 Å². The van der Waals surface area contributed by atoms with Gasteiger partial charge in [-0.05, 0) is 62.8 Å². The fourth-order valence-corrected chi connectivity index (χ4v) is 4.79. The first-order chi connectivity index (χ1) is 19.0. The highest BCUT2D eigenvalue weighted by Gasteiger charge is 2.27. The molecule has 11 nitrogen and oxygen atoms in total. The van der Waals surface area contributed by atoms with E-state index in [0.29, 0.717) is 39.5 Å². The number of amides is 2. The number of hydrogen-bond donors (Lipinski definition) is 3. The third-order valence-corrected chi connectivity index (χ3v) is 6.69. The molecule has 4 N–H and O–H groups in total. The maximum atomic E-state index is 12.7. The molecule has 5 rings (SSSR count). The van der Waals surface area contributed by atoms with Crippen LogP contribution in [0.25, 0.3) is 22.3 Å². The number of pyridine rings is 1. The fourth-order valence-electron chi connectivity index (χ4n) is 4.79. The van der Waals surface area contributed by atoms with Gasteiger partial charge < -0.3 is 16.4 Å². The molecule has 0 bridgehead atoms. The lowest BCUT2D eigenvalue weighted by atomic mass is 9.91. The molecule has 2 amide bonds. The maximum absolute atomic E-state index is 12.7. The zero-order valence-electron chi connectivity index (χ0n) is 21.2. The van der Waals surface area contributed by atoms with Crippen molar-refractivity contribution >= 4 is 34.5 Å². The summed E-state index contributed by atoms with van der Waals surface area (Å²) >= 11 is 0. The Labute approximate surface area is 224 Å². The maximum Gasteiger partial charge on any atom is 0.296 e. The van der Waals surface area contributed by atoms with Crippen LogP contribution in [0.15, 0.2) is 48.9 Å². The van der Waals surface area contributed by atoms with Crippen LogP contribution in [0.1, 0.15) is 54.6 Å². The van der Waals surface area contributed by atoms with Gasteiger partial charge in [-0.3, -0.25) is 9.59 Å². The van der Waals surface area contributed by atoms with E-state index >= 15 is 0 Å². The Bertz CT molecular complexity index is 1650. The van der Waals surface area contributed by atoms with Crippen molar-refractivity contribution in [3.63, 3.8) is 0 Å². The number of carbonyl (C=O) groups excluding carboxylic acids is 2. The Hall–Kier alpha value is -5.29. The van der Waals surface area contributed by atoms with Gasteiger partial charge in [-0.15, -0.1) is 0 Å². The lowest BCUT2D eigenvalue weighted by Gasteiger charge is -2.28. The van der Waals surface area contributed by atoms with Crippen molar-refractivity contribution < 1.29 is 9.59 Å². The Morgan fingerprint density at radius 1 is 1.08 bits per heavy atom. The number of benzene rings is 1. The quantitative estimate of drug-likeness (QED) is 0.338. The van der Waals surface area contributed by atoms with Gasteiger partial charge in [0.05, 0.1) is 23.1 Å². The van der Waals surface area contributed by atoms with E-state index in [1.807, 2.05) is 10.8 Å². The van der Waals surface area contributed by atoms with E-state index in [1.165, 1.54) is 18.6 Å². The summed E-state index contributed by atoms with van der Waals surface area (Å²) in [4.78, 5) is 37.3. The van der Waals surface area contributed by atoms with Crippen LogP contribution in [-0.2, 0) is 4.79 Å². The number of nitriles is 1. The second kappa shape index (κ2) is 11.0. The zero-order chi connectivity index (χ0) is 27.4. The second-order valence-electron chi connectivity index (χ2n) is 9.18. The molecule has 194 valence electrons. The molecule has 3 heterocycles. The third kappa shape index (κ3) is 5.38. The van der Waals surface area contributed by atoms with Crippen LogP contribution >= 0.6 is 0 Å². The van der Waals surface area contributed by atoms with Crippen LogP contribution in [0.2, 0.25) is 0 Å². The molecule has 0 radical (unpaired) electrons. The molecule has 1 fully saturated rings. The molecule has 1 aliphatic carbocycles. The minimum absolute atomic E-state index is 0.0758. The number of aromatic nitrogens is 5. The minimum Gasteiger partial charge on any atom is -0.383 e. The number of nitrogen functional groups attached to an aromatic ring is 1. The number of anilines is 2. The molecular formula is C28H25N9O2.